The minimum Gasteiger partial charge on any atom is -0.495 e. The normalized spacial score (nSPS) is 12.1. The zero-order chi connectivity index (χ0) is 14.7. The molecule has 4 heteroatoms. The number of methoxy groups -OCH3 is 2. The van der Waals surface area contributed by atoms with Crippen LogP contribution in [-0.2, 0) is 0 Å². The smallest absolute Gasteiger partial charge is 0.145 e. The van der Waals surface area contributed by atoms with Gasteiger partial charge in [0, 0.05) is 5.56 Å². The van der Waals surface area contributed by atoms with Crippen LogP contribution in [0.2, 0.25) is 5.02 Å². The molecule has 0 aliphatic carbocycles. The van der Waals surface area contributed by atoms with Gasteiger partial charge in [-0.25, -0.2) is 0 Å². The number of aryl methyl sites for hydroxylation is 1. The van der Waals surface area contributed by atoms with Gasteiger partial charge in [0.15, 0.2) is 0 Å². The molecule has 106 valence electrons. The van der Waals surface area contributed by atoms with Gasteiger partial charge < -0.3 is 9.47 Å². The molecule has 0 aliphatic heterocycles. The number of rotatable bonds is 4. The van der Waals surface area contributed by atoms with Crippen molar-refractivity contribution in [1.82, 2.24) is 0 Å². The monoisotopic (exact) mass is 354 g/mol. The van der Waals surface area contributed by atoms with Crippen LogP contribution in [0.15, 0.2) is 36.4 Å². The van der Waals surface area contributed by atoms with Gasteiger partial charge in [-0.15, -0.1) is 0 Å². The molecule has 0 aromatic heterocycles. The second kappa shape index (κ2) is 6.51. The van der Waals surface area contributed by atoms with Crippen molar-refractivity contribution in [3.63, 3.8) is 0 Å². The van der Waals surface area contributed by atoms with E-state index in [2.05, 4.69) is 47.1 Å². The molecule has 0 bridgehead atoms. The molecule has 2 aromatic rings. The van der Waals surface area contributed by atoms with E-state index in [9.17, 15) is 0 Å². The number of benzene rings is 2. The highest BCUT2D eigenvalue weighted by Gasteiger charge is 2.20. The van der Waals surface area contributed by atoms with Crippen molar-refractivity contribution in [2.45, 2.75) is 11.8 Å². The second-order valence-electron chi connectivity index (χ2n) is 4.48. The molecule has 0 spiro atoms. The Kier molecular flexibility index (Phi) is 4.95. The molecule has 0 radical (unpaired) electrons. The standard InChI is InChI=1S/C16H16BrClO2/c1-10-4-6-11(7-5-10)14(17)12-8-9-13(19-2)15(18)16(12)20-3/h4-9,14H,1-3H3. The molecule has 2 rings (SSSR count). The molecule has 0 heterocycles. The fourth-order valence-corrected chi connectivity index (χ4v) is 3.02. The average molecular weight is 356 g/mol. The summed E-state index contributed by atoms with van der Waals surface area (Å²) in [6.07, 6.45) is 0. The van der Waals surface area contributed by atoms with E-state index in [1.54, 1.807) is 14.2 Å². The minimum absolute atomic E-state index is 0.0152. The van der Waals surface area contributed by atoms with Crippen molar-refractivity contribution >= 4 is 27.5 Å². The molecule has 20 heavy (non-hydrogen) atoms. The lowest BCUT2D eigenvalue weighted by Crippen LogP contribution is -1.99. The van der Waals surface area contributed by atoms with Gasteiger partial charge in [0.1, 0.15) is 16.5 Å². The van der Waals surface area contributed by atoms with Crippen molar-refractivity contribution in [2.75, 3.05) is 14.2 Å². The Balaban J connectivity index is 2.46. The maximum absolute atomic E-state index is 6.30. The third-order valence-electron chi connectivity index (χ3n) is 3.16. The Morgan fingerprint density at radius 2 is 1.65 bits per heavy atom. The summed E-state index contributed by atoms with van der Waals surface area (Å²) >= 11 is 10.0. The van der Waals surface area contributed by atoms with Crippen molar-refractivity contribution in [3.05, 3.63) is 58.1 Å². The lowest BCUT2D eigenvalue weighted by Gasteiger charge is -2.17. The highest BCUT2D eigenvalue weighted by Crippen LogP contribution is 2.43. The number of halogens is 2. The van der Waals surface area contributed by atoms with Crippen molar-refractivity contribution in [1.29, 1.82) is 0 Å². The van der Waals surface area contributed by atoms with Gasteiger partial charge in [-0.1, -0.05) is 63.4 Å². The number of hydrogen-bond donors (Lipinski definition) is 0. The zero-order valence-electron chi connectivity index (χ0n) is 11.6. The van der Waals surface area contributed by atoms with Crippen LogP contribution in [-0.4, -0.2) is 14.2 Å². The molecule has 0 saturated carbocycles. The van der Waals surface area contributed by atoms with Crippen LogP contribution in [0.25, 0.3) is 0 Å². The van der Waals surface area contributed by atoms with Gasteiger partial charge in [-0.05, 0) is 18.6 Å². The molecule has 2 nitrogen and oxygen atoms in total. The Bertz CT molecular complexity index is 596. The van der Waals surface area contributed by atoms with Crippen LogP contribution < -0.4 is 9.47 Å². The highest BCUT2D eigenvalue weighted by molar-refractivity contribution is 9.09. The van der Waals surface area contributed by atoms with E-state index < -0.39 is 0 Å². The van der Waals surface area contributed by atoms with Gasteiger partial charge in [0.05, 0.1) is 19.0 Å². The minimum atomic E-state index is 0.0152. The lowest BCUT2D eigenvalue weighted by molar-refractivity contribution is 0.392. The van der Waals surface area contributed by atoms with E-state index in [4.69, 9.17) is 21.1 Å². The molecule has 1 atom stereocenters. The summed E-state index contributed by atoms with van der Waals surface area (Å²) in [7, 11) is 3.20. The largest absolute Gasteiger partial charge is 0.495 e. The van der Waals surface area contributed by atoms with Crippen molar-refractivity contribution in [2.24, 2.45) is 0 Å². The first kappa shape index (κ1) is 15.2. The molecular formula is C16H16BrClO2. The van der Waals surface area contributed by atoms with Gasteiger partial charge in [0.25, 0.3) is 0 Å². The summed E-state index contributed by atoms with van der Waals surface area (Å²) in [5, 5.41) is 0.490. The SMILES string of the molecule is COc1ccc(C(Br)c2ccc(C)cc2)c(OC)c1Cl. The average Bonchev–Trinajstić information content (AvgIpc) is 2.47. The predicted octanol–water partition coefficient (Wildman–Crippen LogP) is 5.15. The van der Waals surface area contributed by atoms with E-state index in [0.717, 1.165) is 11.1 Å². The van der Waals surface area contributed by atoms with Crippen LogP contribution in [0, 0.1) is 6.92 Å². The zero-order valence-corrected chi connectivity index (χ0v) is 14.0. The topological polar surface area (TPSA) is 18.5 Å². The summed E-state index contributed by atoms with van der Waals surface area (Å²) in [4.78, 5) is 0.0152. The summed E-state index contributed by atoms with van der Waals surface area (Å²) in [6.45, 7) is 2.07. The molecule has 2 aromatic carbocycles. The fraction of sp³-hybridized carbons (Fsp3) is 0.250. The maximum Gasteiger partial charge on any atom is 0.145 e. The summed E-state index contributed by atoms with van der Waals surface area (Å²) in [5.74, 6) is 1.24. The summed E-state index contributed by atoms with van der Waals surface area (Å²) in [5.41, 5.74) is 3.35. The van der Waals surface area contributed by atoms with E-state index in [1.165, 1.54) is 5.56 Å². The Morgan fingerprint density at radius 3 is 2.20 bits per heavy atom. The number of hydrogen-bond acceptors (Lipinski definition) is 2. The van der Waals surface area contributed by atoms with Gasteiger partial charge >= 0.3 is 0 Å². The van der Waals surface area contributed by atoms with E-state index in [1.807, 2.05) is 12.1 Å². The molecule has 0 aliphatic rings. The molecule has 0 amide bonds. The number of ether oxygens (including phenoxy) is 2. The van der Waals surface area contributed by atoms with Crippen LogP contribution >= 0.6 is 27.5 Å². The molecule has 0 saturated heterocycles. The van der Waals surface area contributed by atoms with E-state index in [-0.39, 0.29) is 4.83 Å². The third kappa shape index (κ3) is 2.94. The second-order valence-corrected chi connectivity index (χ2v) is 5.77. The predicted molar refractivity (Wildman–Crippen MR) is 86.5 cm³/mol. The Morgan fingerprint density at radius 1 is 1.00 bits per heavy atom. The Labute approximate surface area is 132 Å². The van der Waals surface area contributed by atoms with Gasteiger partial charge in [-0.2, -0.15) is 0 Å². The third-order valence-corrected chi connectivity index (χ3v) is 4.54. The first-order valence-corrected chi connectivity index (χ1v) is 7.48. The van der Waals surface area contributed by atoms with Gasteiger partial charge in [0.2, 0.25) is 0 Å². The van der Waals surface area contributed by atoms with Crippen LogP contribution in [0.4, 0.5) is 0 Å². The Hall–Kier alpha value is -1.19. The fourth-order valence-electron chi connectivity index (χ4n) is 2.03. The molecular weight excluding hydrogens is 340 g/mol. The van der Waals surface area contributed by atoms with Gasteiger partial charge in [-0.3, -0.25) is 0 Å². The van der Waals surface area contributed by atoms with E-state index in [0.29, 0.717) is 16.5 Å². The quantitative estimate of drug-likeness (QED) is 0.706. The highest BCUT2D eigenvalue weighted by atomic mass is 79.9. The number of alkyl halides is 1. The maximum atomic E-state index is 6.30. The molecule has 0 N–H and O–H groups in total. The molecule has 1 unspecified atom stereocenters. The van der Waals surface area contributed by atoms with Crippen LogP contribution in [0.1, 0.15) is 21.5 Å². The first-order valence-electron chi connectivity index (χ1n) is 6.19. The van der Waals surface area contributed by atoms with E-state index >= 15 is 0 Å². The van der Waals surface area contributed by atoms with Crippen molar-refractivity contribution in [3.8, 4) is 11.5 Å². The van der Waals surface area contributed by atoms with Crippen molar-refractivity contribution < 1.29 is 9.47 Å². The summed E-state index contributed by atoms with van der Waals surface area (Å²) < 4.78 is 10.7. The summed E-state index contributed by atoms with van der Waals surface area (Å²) in [6, 6.07) is 12.2. The molecule has 0 fully saturated rings. The lowest BCUT2D eigenvalue weighted by atomic mass is 10.0. The first-order chi connectivity index (χ1) is 9.58. The van der Waals surface area contributed by atoms with Crippen LogP contribution in [0.3, 0.4) is 0 Å². The van der Waals surface area contributed by atoms with Crippen LogP contribution in [0.5, 0.6) is 11.5 Å².